The molecule has 6 N–H and O–H groups in total. The molecule has 1 aliphatic rings. The number of carbonyl (C=O) groups excluding carboxylic acids is 2. The van der Waals surface area contributed by atoms with Crippen LogP contribution < -0.4 is 5.32 Å². The minimum atomic E-state index is -1.58. The van der Waals surface area contributed by atoms with Crippen molar-refractivity contribution < 1.29 is 49.3 Å². The molecule has 1 rings (SSSR count). The van der Waals surface area contributed by atoms with E-state index >= 15 is 0 Å². The van der Waals surface area contributed by atoms with Crippen molar-refractivity contribution >= 4 is 11.9 Å². The number of unbranched alkanes of at least 4 members (excludes halogenated alkanes) is 46. The van der Waals surface area contributed by atoms with E-state index in [0.29, 0.717) is 19.4 Å². The number of nitrogens with one attached hydrogen (secondary N) is 1. The molecule has 0 bridgehead atoms. The van der Waals surface area contributed by atoms with Crippen LogP contribution in [0.5, 0.6) is 0 Å². The standard InChI is InChI=1S/C85H153NO10/c1-3-5-7-9-11-13-15-17-18-42-46-49-53-57-61-65-69-73-81(90)94-74-70-66-62-58-54-50-47-44-41-39-37-35-33-31-29-27-25-23-21-19-20-22-24-26-28-30-32-34-36-38-40-43-45-48-52-56-60-64-68-72-80(89)86-77(76-95-85-84(93)83(92)82(91)79(75-87)96-85)78(88)71-67-63-59-55-51-16-14-12-10-8-6-4-2/h10-13,17-20,23,25,51,55,67,71,77-79,82-85,87-88,91-93H,3-9,14-16,21-22,24,26-50,52-54,56-66,68-70,72-76H2,1-2H3,(H,86,89)/b12-10+,13-11-,18-17-,20-19-,25-23-,55-51+,71-67+. The van der Waals surface area contributed by atoms with Crippen molar-refractivity contribution in [3.8, 4) is 0 Å². The minimum absolute atomic E-state index is 0.00638. The molecule has 7 atom stereocenters. The van der Waals surface area contributed by atoms with Crippen LogP contribution in [-0.2, 0) is 23.8 Å². The van der Waals surface area contributed by atoms with Crippen LogP contribution in [0.1, 0.15) is 380 Å². The maximum atomic E-state index is 13.1. The molecule has 1 aliphatic heterocycles. The lowest BCUT2D eigenvalue weighted by Gasteiger charge is -2.40. The quantitative estimate of drug-likeness (QED) is 0.0195. The van der Waals surface area contributed by atoms with E-state index in [4.69, 9.17) is 14.2 Å². The summed E-state index contributed by atoms with van der Waals surface area (Å²) in [5, 5.41) is 54.5. The Kier molecular flexibility index (Phi) is 69.2. The van der Waals surface area contributed by atoms with Gasteiger partial charge in [0.25, 0.3) is 0 Å². The van der Waals surface area contributed by atoms with Crippen molar-refractivity contribution in [1.29, 1.82) is 0 Å². The molecule has 96 heavy (non-hydrogen) atoms. The average molecular weight is 1350 g/mol. The smallest absolute Gasteiger partial charge is 0.305 e. The van der Waals surface area contributed by atoms with Gasteiger partial charge in [0.05, 0.1) is 32.0 Å². The predicted octanol–water partition coefficient (Wildman–Crippen LogP) is 22.4. The van der Waals surface area contributed by atoms with E-state index in [9.17, 15) is 35.1 Å². The van der Waals surface area contributed by atoms with Gasteiger partial charge in [-0.15, -0.1) is 0 Å². The highest BCUT2D eigenvalue weighted by Crippen LogP contribution is 2.24. The summed E-state index contributed by atoms with van der Waals surface area (Å²) >= 11 is 0. The molecule has 1 heterocycles. The molecule has 0 radical (unpaired) electrons. The Morgan fingerprint density at radius 1 is 0.385 bits per heavy atom. The lowest BCUT2D eigenvalue weighted by molar-refractivity contribution is -0.302. The van der Waals surface area contributed by atoms with Crippen molar-refractivity contribution in [1.82, 2.24) is 5.32 Å². The van der Waals surface area contributed by atoms with Gasteiger partial charge in [0.2, 0.25) is 5.91 Å². The average Bonchev–Trinajstić information content (AvgIpc) is 0.852. The molecule has 558 valence electrons. The van der Waals surface area contributed by atoms with Gasteiger partial charge in [-0.1, -0.05) is 336 Å². The van der Waals surface area contributed by atoms with Crippen molar-refractivity contribution in [3.05, 3.63) is 85.1 Å². The van der Waals surface area contributed by atoms with Crippen molar-refractivity contribution in [2.75, 3.05) is 19.8 Å². The van der Waals surface area contributed by atoms with E-state index in [1.54, 1.807) is 6.08 Å². The molecule has 11 nitrogen and oxygen atoms in total. The van der Waals surface area contributed by atoms with Gasteiger partial charge in [0.15, 0.2) is 6.29 Å². The van der Waals surface area contributed by atoms with Crippen LogP contribution in [0.25, 0.3) is 0 Å². The Hall–Kier alpha value is -3.16. The number of hydrogen-bond acceptors (Lipinski definition) is 10. The highest BCUT2D eigenvalue weighted by Gasteiger charge is 2.44. The van der Waals surface area contributed by atoms with Crippen molar-refractivity contribution in [3.63, 3.8) is 0 Å². The zero-order valence-electron chi connectivity index (χ0n) is 62.3. The number of ether oxygens (including phenoxy) is 3. The lowest BCUT2D eigenvalue weighted by atomic mass is 9.99. The minimum Gasteiger partial charge on any atom is -0.466 e. The van der Waals surface area contributed by atoms with Crippen LogP contribution in [0, 0.1) is 0 Å². The van der Waals surface area contributed by atoms with Gasteiger partial charge in [-0.05, 0) is 116 Å². The maximum absolute atomic E-state index is 13.1. The first-order valence-corrected chi connectivity index (χ1v) is 40.9. The Morgan fingerprint density at radius 2 is 0.719 bits per heavy atom. The van der Waals surface area contributed by atoms with Crippen LogP contribution in [0.3, 0.4) is 0 Å². The third kappa shape index (κ3) is 60.8. The van der Waals surface area contributed by atoms with Crippen LogP contribution in [0.15, 0.2) is 85.1 Å². The zero-order chi connectivity index (χ0) is 69.4. The van der Waals surface area contributed by atoms with E-state index in [1.165, 1.54) is 270 Å². The fourth-order valence-electron chi connectivity index (χ4n) is 12.5. The third-order valence-electron chi connectivity index (χ3n) is 18.9. The summed E-state index contributed by atoms with van der Waals surface area (Å²) in [7, 11) is 0. The molecule has 0 aliphatic carbocycles. The van der Waals surface area contributed by atoms with Crippen LogP contribution >= 0.6 is 0 Å². The number of amides is 1. The van der Waals surface area contributed by atoms with Gasteiger partial charge < -0.3 is 45.1 Å². The Morgan fingerprint density at radius 3 is 1.12 bits per heavy atom. The fourth-order valence-corrected chi connectivity index (χ4v) is 12.5. The second kappa shape index (κ2) is 73.1. The SMILES string of the molecule is CCCC/C=C/CC/C=C/CC/C=C/C(O)C(COC1OC(CO)C(O)C(O)C1O)NC(=O)CCCCCCCCCCCCCCCCCCC/C=C\C/C=C\CCCCCCCCCCCCCCCCCOC(=O)CCCCCCCCC/C=C\C/C=C\CCCCC. The molecule has 11 heteroatoms. The molecule has 1 fully saturated rings. The van der Waals surface area contributed by atoms with Gasteiger partial charge in [-0.2, -0.15) is 0 Å². The fraction of sp³-hybridized carbons (Fsp3) is 0.812. The summed E-state index contributed by atoms with van der Waals surface area (Å²) in [5.74, 6) is -0.187. The summed E-state index contributed by atoms with van der Waals surface area (Å²) in [6.45, 7) is 4.28. The van der Waals surface area contributed by atoms with Crippen LogP contribution in [0.2, 0.25) is 0 Å². The topological polar surface area (TPSA) is 175 Å². The molecule has 0 aromatic heterocycles. The predicted molar refractivity (Wildman–Crippen MR) is 407 cm³/mol. The molecule has 1 saturated heterocycles. The molecule has 0 spiro atoms. The van der Waals surface area contributed by atoms with Crippen molar-refractivity contribution in [2.45, 2.75) is 423 Å². The summed E-state index contributed by atoms with van der Waals surface area (Å²) in [5.41, 5.74) is 0. The Balaban J connectivity index is 1.89. The number of esters is 1. The van der Waals surface area contributed by atoms with Crippen molar-refractivity contribution in [2.24, 2.45) is 0 Å². The number of allylic oxidation sites excluding steroid dienone is 13. The van der Waals surface area contributed by atoms with Gasteiger partial charge in [0, 0.05) is 12.8 Å². The summed E-state index contributed by atoms with van der Waals surface area (Å²) in [4.78, 5) is 25.2. The van der Waals surface area contributed by atoms with Gasteiger partial charge >= 0.3 is 5.97 Å². The number of hydrogen-bond donors (Lipinski definition) is 6. The molecule has 1 amide bonds. The first-order chi connectivity index (χ1) is 47.2. The molecular weight excluding hydrogens is 1190 g/mol. The second-order valence-electron chi connectivity index (χ2n) is 28.1. The van der Waals surface area contributed by atoms with Gasteiger partial charge in [-0.25, -0.2) is 0 Å². The van der Waals surface area contributed by atoms with E-state index in [-0.39, 0.29) is 18.5 Å². The molecule has 0 aromatic carbocycles. The van der Waals surface area contributed by atoms with Gasteiger partial charge in [0.1, 0.15) is 24.4 Å². The molecular formula is C85H153NO10. The largest absolute Gasteiger partial charge is 0.466 e. The molecule has 7 unspecified atom stereocenters. The van der Waals surface area contributed by atoms with Crippen LogP contribution in [0.4, 0.5) is 0 Å². The molecule has 0 aromatic rings. The summed E-state index contributed by atoms with van der Waals surface area (Å²) in [6, 6.07) is -0.834. The maximum Gasteiger partial charge on any atom is 0.305 e. The van der Waals surface area contributed by atoms with E-state index < -0.39 is 49.5 Å². The van der Waals surface area contributed by atoms with E-state index in [1.807, 2.05) is 6.08 Å². The van der Waals surface area contributed by atoms with Crippen LogP contribution in [-0.4, -0.2) is 100 Å². The summed E-state index contributed by atoms with van der Waals surface area (Å²) in [6.07, 6.45) is 92.0. The highest BCUT2D eigenvalue weighted by molar-refractivity contribution is 5.76. The second-order valence-corrected chi connectivity index (χ2v) is 28.1. The first kappa shape index (κ1) is 90.9. The lowest BCUT2D eigenvalue weighted by Crippen LogP contribution is -2.60. The molecule has 0 saturated carbocycles. The Bertz CT molecular complexity index is 1880. The number of carbonyl (C=O) groups is 2. The number of rotatable bonds is 72. The summed E-state index contributed by atoms with van der Waals surface area (Å²) < 4.78 is 16.7. The highest BCUT2D eigenvalue weighted by atomic mass is 16.7. The monoisotopic (exact) mass is 1350 g/mol. The van der Waals surface area contributed by atoms with E-state index in [2.05, 4.69) is 92.1 Å². The normalized spacial score (nSPS) is 17.8. The van der Waals surface area contributed by atoms with E-state index in [0.717, 1.165) is 83.5 Å². The Labute approximate surface area is 591 Å². The first-order valence-electron chi connectivity index (χ1n) is 40.9. The number of aliphatic hydroxyl groups is 5. The zero-order valence-corrected chi connectivity index (χ0v) is 62.3. The third-order valence-corrected chi connectivity index (χ3v) is 18.9. The van der Waals surface area contributed by atoms with Gasteiger partial charge in [-0.3, -0.25) is 9.59 Å². The number of aliphatic hydroxyl groups excluding tert-OH is 5.